The van der Waals surface area contributed by atoms with Gasteiger partial charge in [-0.1, -0.05) is 37.6 Å². The third-order valence-electron chi connectivity index (χ3n) is 3.02. The normalized spacial score (nSPS) is 10.2. The fourth-order valence-electron chi connectivity index (χ4n) is 1.90. The molecule has 2 rings (SSSR count). The van der Waals surface area contributed by atoms with Crippen molar-refractivity contribution in [3.05, 3.63) is 59.7 Å². The van der Waals surface area contributed by atoms with Crippen molar-refractivity contribution in [2.45, 2.75) is 26.2 Å². The summed E-state index contributed by atoms with van der Waals surface area (Å²) in [5.74, 6) is 1.35. The first kappa shape index (κ1) is 13.3. The summed E-state index contributed by atoms with van der Waals surface area (Å²) in [6, 6.07) is 15.3. The monoisotopic (exact) mass is 254 g/mol. The van der Waals surface area contributed by atoms with Crippen molar-refractivity contribution in [1.82, 2.24) is 0 Å². The van der Waals surface area contributed by atoms with Gasteiger partial charge in [-0.05, 0) is 42.7 Å². The van der Waals surface area contributed by atoms with E-state index in [4.69, 9.17) is 4.74 Å². The highest BCUT2D eigenvalue weighted by Crippen LogP contribution is 2.24. The zero-order valence-corrected chi connectivity index (χ0v) is 11.1. The Labute approximate surface area is 114 Å². The number of rotatable bonds is 6. The van der Waals surface area contributed by atoms with E-state index in [1.807, 2.05) is 24.3 Å². The van der Waals surface area contributed by atoms with Gasteiger partial charge in [-0.15, -0.1) is 0 Å². The summed E-state index contributed by atoms with van der Waals surface area (Å²) in [6.45, 7) is 2.19. The Bertz CT molecular complexity index is 529. The molecule has 0 atom stereocenters. The van der Waals surface area contributed by atoms with Gasteiger partial charge in [0.05, 0.1) is 5.56 Å². The van der Waals surface area contributed by atoms with Gasteiger partial charge in [-0.3, -0.25) is 4.79 Å². The highest BCUT2D eigenvalue weighted by Gasteiger charge is 2.03. The van der Waals surface area contributed by atoms with Crippen LogP contribution in [0, 0.1) is 0 Å². The molecule has 2 aromatic rings. The lowest BCUT2D eigenvalue weighted by molar-refractivity contribution is 0.112. The van der Waals surface area contributed by atoms with Gasteiger partial charge in [0.1, 0.15) is 11.5 Å². The highest BCUT2D eigenvalue weighted by molar-refractivity contribution is 5.79. The fourth-order valence-corrected chi connectivity index (χ4v) is 1.90. The van der Waals surface area contributed by atoms with E-state index in [0.717, 1.165) is 18.5 Å². The summed E-state index contributed by atoms with van der Waals surface area (Å²) < 4.78 is 5.73. The zero-order chi connectivity index (χ0) is 13.5. The second-order valence-electron chi connectivity index (χ2n) is 4.51. The van der Waals surface area contributed by atoms with Crippen LogP contribution in [0.1, 0.15) is 35.7 Å². The molecule has 0 aliphatic carbocycles. The van der Waals surface area contributed by atoms with Crippen molar-refractivity contribution in [2.24, 2.45) is 0 Å². The molecule has 2 aromatic carbocycles. The number of aldehydes is 1. The number of unbranched alkanes of at least 4 members (excludes halogenated alkanes) is 1. The van der Waals surface area contributed by atoms with Crippen molar-refractivity contribution in [3.8, 4) is 11.5 Å². The summed E-state index contributed by atoms with van der Waals surface area (Å²) in [7, 11) is 0. The maximum absolute atomic E-state index is 10.9. The van der Waals surface area contributed by atoms with Gasteiger partial charge in [0.25, 0.3) is 0 Å². The quantitative estimate of drug-likeness (QED) is 0.702. The van der Waals surface area contributed by atoms with Gasteiger partial charge in [0.15, 0.2) is 6.29 Å². The second-order valence-corrected chi connectivity index (χ2v) is 4.51. The van der Waals surface area contributed by atoms with Crippen molar-refractivity contribution >= 4 is 6.29 Å². The molecule has 0 spiro atoms. The van der Waals surface area contributed by atoms with E-state index in [1.54, 1.807) is 12.1 Å². The summed E-state index contributed by atoms with van der Waals surface area (Å²) in [6.07, 6.45) is 4.31. The minimum atomic E-state index is 0.567. The Kier molecular flexibility index (Phi) is 4.73. The maximum atomic E-state index is 10.9. The number of benzene rings is 2. The number of ether oxygens (including phenoxy) is 1. The average molecular weight is 254 g/mol. The number of hydrogen-bond donors (Lipinski definition) is 0. The molecule has 0 aliphatic rings. The first-order chi connectivity index (χ1) is 9.33. The van der Waals surface area contributed by atoms with E-state index in [-0.39, 0.29) is 0 Å². The van der Waals surface area contributed by atoms with Crippen LogP contribution in [-0.4, -0.2) is 6.29 Å². The lowest BCUT2D eigenvalue weighted by Gasteiger charge is -2.08. The van der Waals surface area contributed by atoms with E-state index in [0.29, 0.717) is 11.3 Å². The second kappa shape index (κ2) is 6.74. The molecule has 0 heterocycles. The average Bonchev–Trinajstić information content (AvgIpc) is 2.47. The molecule has 0 aliphatic heterocycles. The van der Waals surface area contributed by atoms with Gasteiger partial charge in [-0.25, -0.2) is 0 Å². The fraction of sp³-hybridized carbons (Fsp3) is 0.235. The highest BCUT2D eigenvalue weighted by atomic mass is 16.5. The lowest BCUT2D eigenvalue weighted by Crippen LogP contribution is -1.90. The van der Waals surface area contributed by atoms with E-state index in [1.165, 1.54) is 18.4 Å². The summed E-state index contributed by atoms with van der Waals surface area (Å²) in [5.41, 5.74) is 1.88. The predicted octanol–water partition coefficient (Wildman–Crippen LogP) is 4.63. The summed E-state index contributed by atoms with van der Waals surface area (Å²) in [4.78, 5) is 10.9. The molecule has 0 amide bonds. The summed E-state index contributed by atoms with van der Waals surface area (Å²) in [5, 5.41) is 0. The number of aryl methyl sites for hydroxylation is 1. The van der Waals surface area contributed by atoms with E-state index in [2.05, 4.69) is 19.1 Å². The Morgan fingerprint density at radius 2 is 1.79 bits per heavy atom. The summed E-state index contributed by atoms with van der Waals surface area (Å²) >= 11 is 0. The Hall–Kier alpha value is -2.09. The van der Waals surface area contributed by atoms with Crippen molar-refractivity contribution in [2.75, 3.05) is 0 Å². The molecule has 0 radical (unpaired) electrons. The van der Waals surface area contributed by atoms with Crippen LogP contribution in [0.15, 0.2) is 48.5 Å². The first-order valence-electron chi connectivity index (χ1n) is 6.64. The molecule has 2 heteroatoms. The van der Waals surface area contributed by atoms with E-state index >= 15 is 0 Å². The standard InChI is InChI=1S/C17H18O2/c1-2-3-6-14-9-11-16(12-10-14)19-17-8-5-4-7-15(17)13-18/h4-5,7-13H,2-3,6H2,1H3. The van der Waals surface area contributed by atoms with Gasteiger partial charge in [0, 0.05) is 0 Å². The molecule has 0 saturated heterocycles. The largest absolute Gasteiger partial charge is 0.457 e. The van der Waals surface area contributed by atoms with Crippen LogP contribution in [0.25, 0.3) is 0 Å². The van der Waals surface area contributed by atoms with Crippen LogP contribution in [0.3, 0.4) is 0 Å². The molecule has 98 valence electrons. The van der Waals surface area contributed by atoms with Gasteiger partial charge in [-0.2, -0.15) is 0 Å². The molecule has 0 saturated carbocycles. The number of carbonyl (C=O) groups is 1. The topological polar surface area (TPSA) is 26.3 Å². The molecular formula is C17H18O2. The predicted molar refractivity (Wildman–Crippen MR) is 77.0 cm³/mol. The van der Waals surface area contributed by atoms with Crippen LogP contribution in [0.4, 0.5) is 0 Å². The van der Waals surface area contributed by atoms with Gasteiger partial charge >= 0.3 is 0 Å². The Morgan fingerprint density at radius 3 is 2.47 bits per heavy atom. The Morgan fingerprint density at radius 1 is 1.05 bits per heavy atom. The molecule has 0 aromatic heterocycles. The van der Waals surface area contributed by atoms with Crippen molar-refractivity contribution in [3.63, 3.8) is 0 Å². The minimum Gasteiger partial charge on any atom is -0.457 e. The minimum absolute atomic E-state index is 0.567. The molecule has 0 fully saturated rings. The molecule has 0 N–H and O–H groups in total. The third kappa shape index (κ3) is 3.68. The Balaban J connectivity index is 2.08. The van der Waals surface area contributed by atoms with Gasteiger partial charge in [0.2, 0.25) is 0 Å². The number of para-hydroxylation sites is 1. The smallest absolute Gasteiger partial charge is 0.153 e. The maximum Gasteiger partial charge on any atom is 0.153 e. The third-order valence-corrected chi connectivity index (χ3v) is 3.02. The van der Waals surface area contributed by atoms with E-state index in [9.17, 15) is 4.79 Å². The van der Waals surface area contributed by atoms with E-state index < -0.39 is 0 Å². The lowest BCUT2D eigenvalue weighted by atomic mass is 10.1. The molecule has 0 bridgehead atoms. The van der Waals surface area contributed by atoms with Crippen LogP contribution < -0.4 is 4.74 Å². The zero-order valence-electron chi connectivity index (χ0n) is 11.1. The molecule has 0 unspecified atom stereocenters. The molecular weight excluding hydrogens is 236 g/mol. The number of hydrogen-bond acceptors (Lipinski definition) is 2. The van der Waals surface area contributed by atoms with Crippen LogP contribution in [0.2, 0.25) is 0 Å². The van der Waals surface area contributed by atoms with Crippen LogP contribution in [0.5, 0.6) is 11.5 Å². The van der Waals surface area contributed by atoms with Crippen LogP contribution in [-0.2, 0) is 6.42 Å². The molecule has 2 nitrogen and oxygen atoms in total. The number of carbonyl (C=O) groups excluding carboxylic acids is 1. The van der Waals surface area contributed by atoms with Gasteiger partial charge < -0.3 is 4.74 Å². The first-order valence-corrected chi connectivity index (χ1v) is 6.64. The van der Waals surface area contributed by atoms with Crippen molar-refractivity contribution in [1.29, 1.82) is 0 Å². The SMILES string of the molecule is CCCCc1ccc(Oc2ccccc2C=O)cc1. The molecule has 19 heavy (non-hydrogen) atoms. The van der Waals surface area contributed by atoms with Crippen molar-refractivity contribution < 1.29 is 9.53 Å². The van der Waals surface area contributed by atoms with Crippen LogP contribution >= 0.6 is 0 Å².